The molecule has 0 bridgehead atoms. The Bertz CT molecular complexity index is 573. The van der Waals surface area contributed by atoms with Gasteiger partial charge in [0.2, 0.25) is 0 Å². The van der Waals surface area contributed by atoms with Crippen molar-refractivity contribution in [2.75, 3.05) is 19.7 Å². The van der Waals surface area contributed by atoms with Crippen molar-refractivity contribution >= 4 is 0 Å². The minimum atomic E-state index is 0.413. The molecule has 1 aliphatic rings. The molecule has 1 atom stereocenters. The first kappa shape index (κ1) is 16.2. The Kier molecular flexibility index (Phi) is 5.84. The molecule has 3 rings (SSSR count). The summed E-state index contributed by atoms with van der Waals surface area (Å²) in [6.45, 7) is 6.20. The van der Waals surface area contributed by atoms with Crippen LogP contribution in [-0.2, 0) is 17.7 Å². The molecule has 1 saturated heterocycles. The van der Waals surface area contributed by atoms with Crippen molar-refractivity contribution < 1.29 is 4.74 Å². The van der Waals surface area contributed by atoms with Crippen LogP contribution in [0.3, 0.4) is 0 Å². The van der Waals surface area contributed by atoms with Crippen LogP contribution in [-0.4, -0.2) is 30.7 Å². The molecule has 23 heavy (non-hydrogen) atoms. The number of rotatable bonds is 7. The third kappa shape index (κ3) is 5.19. The highest BCUT2D eigenvalue weighted by Crippen LogP contribution is 2.16. The second-order valence-corrected chi connectivity index (χ2v) is 6.59. The Balaban J connectivity index is 1.61. The highest BCUT2D eigenvalue weighted by atomic mass is 16.5. The molecule has 2 heteroatoms. The van der Waals surface area contributed by atoms with Gasteiger partial charge in [0.05, 0.1) is 6.10 Å². The maximum atomic E-state index is 5.85. The lowest BCUT2D eigenvalue weighted by Gasteiger charge is -2.25. The minimum Gasteiger partial charge on any atom is -0.377 e. The predicted octanol–water partition coefficient (Wildman–Crippen LogP) is 4.22. The molecule has 0 spiro atoms. The van der Waals surface area contributed by atoms with Crippen molar-refractivity contribution in [3.05, 3.63) is 71.3 Å². The van der Waals surface area contributed by atoms with E-state index >= 15 is 0 Å². The van der Waals surface area contributed by atoms with Crippen LogP contribution in [0.2, 0.25) is 0 Å². The van der Waals surface area contributed by atoms with Gasteiger partial charge in [0.1, 0.15) is 0 Å². The van der Waals surface area contributed by atoms with Crippen LogP contribution in [0.1, 0.15) is 29.5 Å². The highest BCUT2D eigenvalue weighted by molar-refractivity contribution is 5.21. The normalized spacial score (nSPS) is 17.7. The number of hydrogen-bond donors (Lipinski definition) is 0. The molecule has 1 aliphatic heterocycles. The van der Waals surface area contributed by atoms with E-state index in [0.29, 0.717) is 6.10 Å². The molecule has 122 valence electrons. The molecular weight excluding hydrogens is 282 g/mol. The molecule has 2 nitrogen and oxygen atoms in total. The van der Waals surface area contributed by atoms with Crippen LogP contribution < -0.4 is 0 Å². The van der Waals surface area contributed by atoms with Gasteiger partial charge < -0.3 is 4.74 Å². The lowest BCUT2D eigenvalue weighted by Crippen LogP contribution is -2.33. The zero-order valence-electron chi connectivity index (χ0n) is 14.1. The van der Waals surface area contributed by atoms with Crippen LogP contribution in [0, 0.1) is 6.92 Å². The van der Waals surface area contributed by atoms with Crippen molar-refractivity contribution in [1.82, 2.24) is 4.90 Å². The molecular formula is C21H27NO. The van der Waals surface area contributed by atoms with Gasteiger partial charge in [-0.15, -0.1) is 0 Å². The number of aryl methyl sites for hydroxylation is 1. The van der Waals surface area contributed by atoms with Crippen LogP contribution in [0.25, 0.3) is 0 Å². The first-order chi connectivity index (χ1) is 11.3. The molecule has 0 radical (unpaired) electrons. The van der Waals surface area contributed by atoms with Gasteiger partial charge in [0.25, 0.3) is 0 Å². The van der Waals surface area contributed by atoms with Gasteiger partial charge in [-0.05, 0) is 37.3 Å². The van der Waals surface area contributed by atoms with E-state index in [9.17, 15) is 0 Å². The second kappa shape index (κ2) is 8.28. The van der Waals surface area contributed by atoms with Crippen molar-refractivity contribution in [2.24, 2.45) is 0 Å². The SMILES string of the molecule is Cc1ccc(CN(CCc2ccccc2)CC2CCCO2)cc1. The fourth-order valence-electron chi connectivity index (χ4n) is 3.19. The molecule has 2 aromatic rings. The number of ether oxygens (including phenoxy) is 1. The summed E-state index contributed by atoms with van der Waals surface area (Å²) < 4.78 is 5.85. The summed E-state index contributed by atoms with van der Waals surface area (Å²) in [6, 6.07) is 19.7. The van der Waals surface area contributed by atoms with Gasteiger partial charge in [-0.2, -0.15) is 0 Å². The summed E-state index contributed by atoms with van der Waals surface area (Å²) in [5.41, 5.74) is 4.12. The topological polar surface area (TPSA) is 12.5 Å². The standard InChI is InChI=1S/C21H27NO/c1-18-9-11-20(12-10-18)16-22(17-21-8-5-15-23-21)14-13-19-6-3-2-4-7-19/h2-4,6-7,9-12,21H,5,8,13-17H2,1H3. The number of benzene rings is 2. The Hall–Kier alpha value is -1.64. The second-order valence-electron chi connectivity index (χ2n) is 6.59. The van der Waals surface area contributed by atoms with E-state index in [4.69, 9.17) is 4.74 Å². The Labute approximate surface area is 140 Å². The predicted molar refractivity (Wildman–Crippen MR) is 95.6 cm³/mol. The van der Waals surface area contributed by atoms with Crippen LogP contribution in [0.4, 0.5) is 0 Å². The molecule has 1 fully saturated rings. The van der Waals surface area contributed by atoms with Gasteiger partial charge in [-0.1, -0.05) is 60.2 Å². The van der Waals surface area contributed by atoms with E-state index < -0.39 is 0 Å². The molecule has 0 N–H and O–H groups in total. The van der Waals surface area contributed by atoms with E-state index in [2.05, 4.69) is 66.4 Å². The summed E-state index contributed by atoms with van der Waals surface area (Å²) >= 11 is 0. The minimum absolute atomic E-state index is 0.413. The first-order valence-electron chi connectivity index (χ1n) is 8.73. The quantitative estimate of drug-likeness (QED) is 0.759. The highest BCUT2D eigenvalue weighted by Gasteiger charge is 2.19. The molecule has 1 heterocycles. The van der Waals surface area contributed by atoms with Crippen molar-refractivity contribution in [2.45, 2.75) is 38.8 Å². The van der Waals surface area contributed by atoms with E-state index in [0.717, 1.165) is 32.7 Å². The van der Waals surface area contributed by atoms with Crippen LogP contribution in [0.5, 0.6) is 0 Å². The van der Waals surface area contributed by atoms with E-state index in [-0.39, 0.29) is 0 Å². The summed E-state index contributed by atoms with van der Waals surface area (Å²) in [5, 5.41) is 0. The average molecular weight is 309 g/mol. The molecule has 0 aromatic heterocycles. The summed E-state index contributed by atoms with van der Waals surface area (Å²) in [5.74, 6) is 0. The number of nitrogens with zero attached hydrogens (tertiary/aromatic N) is 1. The molecule has 0 saturated carbocycles. The molecule has 0 amide bonds. The van der Waals surface area contributed by atoms with Gasteiger partial charge in [0.15, 0.2) is 0 Å². The monoisotopic (exact) mass is 309 g/mol. The third-order valence-electron chi connectivity index (χ3n) is 4.57. The van der Waals surface area contributed by atoms with E-state index in [1.54, 1.807) is 0 Å². The smallest absolute Gasteiger partial charge is 0.0702 e. The summed E-state index contributed by atoms with van der Waals surface area (Å²) in [6.07, 6.45) is 3.92. The van der Waals surface area contributed by atoms with Gasteiger partial charge in [-0.25, -0.2) is 0 Å². The van der Waals surface area contributed by atoms with E-state index in [1.807, 2.05) is 0 Å². The zero-order valence-corrected chi connectivity index (χ0v) is 14.1. The molecule has 1 unspecified atom stereocenters. The number of hydrogen-bond acceptors (Lipinski definition) is 2. The lowest BCUT2D eigenvalue weighted by molar-refractivity contribution is 0.0709. The molecule has 2 aromatic carbocycles. The summed E-state index contributed by atoms with van der Waals surface area (Å²) in [4.78, 5) is 2.55. The van der Waals surface area contributed by atoms with Crippen LogP contribution >= 0.6 is 0 Å². The Morgan fingerprint density at radius 1 is 1.00 bits per heavy atom. The van der Waals surface area contributed by atoms with Gasteiger partial charge >= 0.3 is 0 Å². The Morgan fingerprint density at radius 3 is 2.48 bits per heavy atom. The lowest BCUT2D eigenvalue weighted by atomic mass is 10.1. The molecule has 0 aliphatic carbocycles. The third-order valence-corrected chi connectivity index (χ3v) is 4.57. The Morgan fingerprint density at radius 2 is 1.78 bits per heavy atom. The largest absolute Gasteiger partial charge is 0.377 e. The van der Waals surface area contributed by atoms with Crippen LogP contribution in [0.15, 0.2) is 54.6 Å². The van der Waals surface area contributed by atoms with E-state index in [1.165, 1.54) is 29.5 Å². The maximum absolute atomic E-state index is 5.85. The zero-order chi connectivity index (χ0) is 15.9. The van der Waals surface area contributed by atoms with Crippen molar-refractivity contribution in [3.8, 4) is 0 Å². The first-order valence-corrected chi connectivity index (χ1v) is 8.73. The average Bonchev–Trinajstić information content (AvgIpc) is 3.09. The fourth-order valence-corrected chi connectivity index (χ4v) is 3.19. The maximum Gasteiger partial charge on any atom is 0.0702 e. The summed E-state index contributed by atoms with van der Waals surface area (Å²) in [7, 11) is 0. The van der Waals surface area contributed by atoms with Crippen molar-refractivity contribution in [1.29, 1.82) is 0 Å². The fraction of sp³-hybridized carbons (Fsp3) is 0.429. The van der Waals surface area contributed by atoms with Gasteiger partial charge in [-0.3, -0.25) is 4.90 Å². The van der Waals surface area contributed by atoms with Gasteiger partial charge in [0, 0.05) is 26.2 Å². The van der Waals surface area contributed by atoms with Crippen molar-refractivity contribution in [3.63, 3.8) is 0 Å².